The summed E-state index contributed by atoms with van der Waals surface area (Å²) in [5.41, 5.74) is 5.04. The molecule has 126 valence electrons. The fourth-order valence-electron chi connectivity index (χ4n) is 3.61. The molecule has 0 bridgehead atoms. The van der Waals surface area contributed by atoms with E-state index in [4.69, 9.17) is 5.11 Å². The van der Waals surface area contributed by atoms with Crippen LogP contribution in [0.2, 0.25) is 0 Å². The van der Waals surface area contributed by atoms with Crippen molar-refractivity contribution in [2.24, 2.45) is 0 Å². The number of fused-ring (bicyclic) bond motifs is 1. The Hall–Kier alpha value is -2.49. The number of hydrogen-bond donors (Lipinski definition) is 2. The molecule has 2 aromatic carbocycles. The number of rotatable bonds is 5. The standard InChI is InChI=1S/C20H24N2O2/c1-2-22(17-9-4-3-5-10-17)18-11-12-19-15(13-18)7-6-8-16(19)14-21-20(23)24/h3-5,9-13,16,21H,2,6-8,14H2,1H3,(H,23,24)/t16-/m0/s1. The van der Waals surface area contributed by atoms with Crippen LogP contribution in [0.4, 0.5) is 16.2 Å². The number of benzene rings is 2. The molecule has 0 aliphatic heterocycles. The summed E-state index contributed by atoms with van der Waals surface area (Å²) >= 11 is 0. The van der Waals surface area contributed by atoms with Gasteiger partial charge in [0.2, 0.25) is 0 Å². The van der Waals surface area contributed by atoms with Crippen LogP contribution >= 0.6 is 0 Å². The van der Waals surface area contributed by atoms with Crippen LogP contribution in [0, 0.1) is 0 Å². The molecule has 0 radical (unpaired) electrons. The van der Waals surface area contributed by atoms with Crippen LogP contribution < -0.4 is 10.2 Å². The number of carbonyl (C=O) groups is 1. The molecule has 0 fully saturated rings. The summed E-state index contributed by atoms with van der Waals surface area (Å²) in [7, 11) is 0. The van der Waals surface area contributed by atoms with E-state index < -0.39 is 6.09 Å². The third-order valence-corrected chi connectivity index (χ3v) is 4.76. The fraction of sp³-hybridized carbons (Fsp3) is 0.350. The van der Waals surface area contributed by atoms with E-state index in [1.54, 1.807) is 0 Å². The molecule has 2 aromatic rings. The Balaban J connectivity index is 1.86. The highest BCUT2D eigenvalue weighted by molar-refractivity contribution is 5.66. The van der Waals surface area contributed by atoms with E-state index in [9.17, 15) is 4.79 Å². The minimum Gasteiger partial charge on any atom is -0.465 e. The molecule has 4 heteroatoms. The second-order valence-corrected chi connectivity index (χ2v) is 6.24. The van der Waals surface area contributed by atoms with Crippen LogP contribution in [0.3, 0.4) is 0 Å². The number of hydrogen-bond acceptors (Lipinski definition) is 2. The molecule has 1 aliphatic rings. The molecule has 24 heavy (non-hydrogen) atoms. The Morgan fingerprint density at radius 1 is 1.21 bits per heavy atom. The summed E-state index contributed by atoms with van der Waals surface area (Å²) in [5, 5.41) is 11.4. The van der Waals surface area contributed by atoms with Crippen molar-refractivity contribution in [1.29, 1.82) is 0 Å². The Bertz CT molecular complexity index is 700. The largest absolute Gasteiger partial charge is 0.465 e. The minimum atomic E-state index is -0.944. The van der Waals surface area contributed by atoms with Gasteiger partial charge in [0.25, 0.3) is 0 Å². The average Bonchev–Trinajstić information content (AvgIpc) is 2.61. The van der Waals surface area contributed by atoms with Crippen molar-refractivity contribution < 1.29 is 9.90 Å². The molecule has 1 aliphatic carbocycles. The third kappa shape index (κ3) is 3.53. The summed E-state index contributed by atoms with van der Waals surface area (Å²) in [5.74, 6) is 0.283. The first-order valence-corrected chi connectivity index (χ1v) is 8.61. The van der Waals surface area contributed by atoms with E-state index >= 15 is 0 Å². The summed E-state index contributed by atoms with van der Waals surface area (Å²) in [4.78, 5) is 13.1. The molecule has 0 unspecified atom stereocenters. The summed E-state index contributed by atoms with van der Waals surface area (Å²) in [6.45, 7) is 3.57. The van der Waals surface area contributed by atoms with Gasteiger partial charge in [0, 0.05) is 30.4 Å². The number of para-hydroxylation sites is 1. The van der Waals surface area contributed by atoms with Crippen molar-refractivity contribution in [1.82, 2.24) is 5.32 Å². The molecule has 0 aromatic heterocycles. The molecule has 0 heterocycles. The Labute approximate surface area is 143 Å². The van der Waals surface area contributed by atoms with Crippen LogP contribution in [0.25, 0.3) is 0 Å². The van der Waals surface area contributed by atoms with Gasteiger partial charge in [-0.05, 0) is 61.6 Å². The smallest absolute Gasteiger partial charge is 0.404 e. The Morgan fingerprint density at radius 3 is 2.71 bits per heavy atom. The highest BCUT2D eigenvalue weighted by Gasteiger charge is 2.21. The maximum absolute atomic E-state index is 10.8. The first kappa shape index (κ1) is 16.4. The minimum absolute atomic E-state index is 0.283. The van der Waals surface area contributed by atoms with Crippen molar-refractivity contribution >= 4 is 17.5 Å². The van der Waals surface area contributed by atoms with Gasteiger partial charge < -0.3 is 15.3 Å². The van der Waals surface area contributed by atoms with E-state index in [2.05, 4.69) is 59.6 Å². The molecule has 1 amide bonds. The maximum Gasteiger partial charge on any atom is 0.404 e. The van der Waals surface area contributed by atoms with Gasteiger partial charge in [-0.25, -0.2) is 4.79 Å². The van der Waals surface area contributed by atoms with E-state index in [0.29, 0.717) is 6.54 Å². The van der Waals surface area contributed by atoms with Crippen molar-refractivity contribution in [2.45, 2.75) is 32.1 Å². The van der Waals surface area contributed by atoms with E-state index in [1.165, 1.54) is 22.5 Å². The quantitative estimate of drug-likeness (QED) is 0.849. The molecule has 4 nitrogen and oxygen atoms in total. The van der Waals surface area contributed by atoms with Gasteiger partial charge in [0.1, 0.15) is 0 Å². The van der Waals surface area contributed by atoms with Crippen LogP contribution in [-0.4, -0.2) is 24.3 Å². The topological polar surface area (TPSA) is 52.6 Å². The van der Waals surface area contributed by atoms with E-state index in [-0.39, 0.29) is 5.92 Å². The van der Waals surface area contributed by atoms with Gasteiger partial charge in [-0.2, -0.15) is 0 Å². The second kappa shape index (κ2) is 7.39. The second-order valence-electron chi connectivity index (χ2n) is 6.24. The number of aryl methyl sites for hydroxylation is 1. The predicted molar refractivity (Wildman–Crippen MR) is 97.3 cm³/mol. The van der Waals surface area contributed by atoms with Gasteiger partial charge in [-0.15, -0.1) is 0 Å². The number of nitrogens with zero attached hydrogens (tertiary/aromatic N) is 1. The molecule has 0 saturated carbocycles. The SMILES string of the molecule is CCN(c1ccccc1)c1ccc2c(c1)CCC[C@H]2CNC(=O)O. The molecule has 0 spiro atoms. The van der Waals surface area contributed by atoms with Crippen LogP contribution in [-0.2, 0) is 6.42 Å². The molecular weight excluding hydrogens is 300 g/mol. The number of amides is 1. The summed E-state index contributed by atoms with van der Waals surface area (Å²) in [6, 6.07) is 17.0. The highest BCUT2D eigenvalue weighted by atomic mass is 16.4. The van der Waals surface area contributed by atoms with Gasteiger partial charge in [-0.1, -0.05) is 24.3 Å². The third-order valence-electron chi connectivity index (χ3n) is 4.76. The lowest BCUT2D eigenvalue weighted by Crippen LogP contribution is -2.28. The average molecular weight is 324 g/mol. The zero-order valence-corrected chi connectivity index (χ0v) is 14.0. The fourth-order valence-corrected chi connectivity index (χ4v) is 3.61. The number of nitrogens with one attached hydrogen (secondary N) is 1. The summed E-state index contributed by atoms with van der Waals surface area (Å²) in [6.07, 6.45) is 2.28. The maximum atomic E-state index is 10.8. The van der Waals surface area contributed by atoms with Crippen LogP contribution in [0.5, 0.6) is 0 Å². The first-order chi connectivity index (χ1) is 11.7. The lowest BCUT2D eigenvalue weighted by molar-refractivity contribution is 0.193. The molecule has 1 atom stereocenters. The van der Waals surface area contributed by atoms with Gasteiger partial charge >= 0.3 is 6.09 Å². The number of carboxylic acid groups (broad SMARTS) is 1. The van der Waals surface area contributed by atoms with Gasteiger partial charge in [0.15, 0.2) is 0 Å². The normalized spacial score (nSPS) is 16.3. The predicted octanol–water partition coefficient (Wildman–Crippen LogP) is 4.53. The van der Waals surface area contributed by atoms with Crippen LogP contribution in [0.1, 0.15) is 36.8 Å². The Kier molecular flexibility index (Phi) is 5.04. The van der Waals surface area contributed by atoms with Crippen molar-refractivity contribution in [2.75, 3.05) is 18.0 Å². The van der Waals surface area contributed by atoms with E-state index in [1.807, 2.05) is 6.07 Å². The van der Waals surface area contributed by atoms with Gasteiger partial charge in [-0.3, -0.25) is 0 Å². The zero-order valence-electron chi connectivity index (χ0n) is 14.0. The highest BCUT2D eigenvalue weighted by Crippen LogP contribution is 2.35. The first-order valence-electron chi connectivity index (χ1n) is 8.61. The molecule has 0 saturated heterocycles. The van der Waals surface area contributed by atoms with Crippen molar-refractivity contribution in [3.63, 3.8) is 0 Å². The van der Waals surface area contributed by atoms with Crippen molar-refractivity contribution in [3.05, 3.63) is 59.7 Å². The summed E-state index contributed by atoms with van der Waals surface area (Å²) < 4.78 is 0. The zero-order chi connectivity index (χ0) is 16.9. The lowest BCUT2D eigenvalue weighted by atomic mass is 9.82. The lowest BCUT2D eigenvalue weighted by Gasteiger charge is -2.29. The number of anilines is 2. The van der Waals surface area contributed by atoms with Crippen LogP contribution in [0.15, 0.2) is 48.5 Å². The van der Waals surface area contributed by atoms with Gasteiger partial charge in [0.05, 0.1) is 0 Å². The molecule has 3 rings (SSSR count). The monoisotopic (exact) mass is 324 g/mol. The molecular formula is C20H24N2O2. The van der Waals surface area contributed by atoms with E-state index in [0.717, 1.165) is 25.8 Å². The Morgan fingerprint density at radius 2 is 2.00 bits per heavy atom. The molecule has 2 N–H and O–H groups in total. The van der Waals surface area contributed by atoms with Crippen molar-refractivity contribution in [3.8, 4) is 0 Å².